The van der Waals surface area contributed by atoms with E-state index in [2.05, 4.69) is 62.0 Å². The van der Waals surface area contributed by atoms with Crippen LogP contribution in [-0.4, -0.2) is 74.0 Å². The van der Waals surface area contributed by atoms with E-state index in [1.165, 1.54) is 64.2 Å². The molecule has 0 spiro atoms. The molecule has 1 aliphatic heterocycles. The van der Waals surface area contributed by atoms with E-state index < -0.39 is 15.7 Å². The number of aromatic nitrogens is 1. The van der Waals surface area contributed by atoms with Crippen molar-refractivity contribution in [1.82, 2.24) is 15.2 Å². The Morgan fingerprint density at radius 2 is 1.74 bits per heavy atom. The van der Waals surface area contributed by atoms with Crippen LogP contribution in [0, 0.1) is 51.2 Å². The molecule has 0 aromatic carbocycles. The Labute approximate surface area is 325 Å². The van der Waals surface area contributed by atoms with Gasteiger partial charge >= 0.3 is 0 Å². The van der Waals surface area contributed by atoms with Crippen molar-refractivity contribution in [2.24, 2.45) is 57.0 Å². The van der Waals surface area contributed by atoms with Gasteiger partial charge in [-0.15, -0.1) is 0 Å². The number of primary amides is 1. The third kappa shape index (κ3) is 6.33. The molecule has 2 heterocycles. The molecule has 8 nitrogen and oxygen atoms in total. The number of amides is 1. The van der Waals surface area contributed by atoms with Crippen LogP contribution in [0.3, 0.4) is 0 Å². The molecule has 7 aliphatic rings. The Morgan fingerprint density at radius 3 is 2.48 bits per heavy atom. The van der Waals surface area contributed by atoms with E-state index in [0.717, 1.165) is 50.1 Å². The molecule has 0 radical (unpaired) electrons. The number of ether oxygens (including phenoxy) is 1. The highest BCUT2D eigenvalue weighted by atomic mass is 32.2. The summed E-state index contributed by atoms with van der Waals surface area (Å²) in [5.74, 6) is 3.87. The van der Waals surface area contributed by atoms with E-state index in [9.17, 15) is 13.2 Å². The Hall–Kier alpha value is -2.23. The molecule has 4 saturated carbocycles. The quantitative estimate of drug-likeness (QED) is 0.265. The number of allylic oxidation sites excluding steroid dienone is 4. The normalized spacial score (nSPS) is 41.3. The second-order valence-corrected chi connectivity index (χ2v) is 22.5. The van der Waals surface area contributed by atoms with E-state index in [0.29, 0.717) is 70.7 Å². The first-order valence-electron chi connectivity index (χ1n) is 21.6. The SMILES string of the molecule is CC1(C)C(C2=CC[C@H](COc3ncccc3C(N)=O)CC2)=CC[C@@]2(C)C1CC[C@]1(C)C2CC[C@@H]2[C@H]3CCC[C@]3(NCCN3CCS(=O)(=O)CC3)CC[C@]21C. The van der Waals surface area contributed by atoms with Crippen molar-refractivity contribution in [1.29, 1.82) is 0 Å². The number of nitrogens with two attached hydrogens (primary N) is 1. The van der Waals surface area contributed by atoms with E-state index in [-0.39, 0.29) is 11.0 Å². The number of sulfone groups is 1. The number of pyridine rings is 1. The van der Waals surface area contributed by atoms with Gasteiger partial charge in [-0.25, -0.2) is 13.4 Å². The molecule has 5 fully saturated rings. The fourth-order valence-electron chi connectivity index (χ4n) is 14.6. The van der Waals surface area contributed by atoms with E-state index in [1.807, 2.05) is 0 Å². The molecular formula is C45H68N4O4S. The summed E-state index contributed by atoms with van der Waals surface area (Å²) in [4.78, 5) is 18.5. The topological polar surface area (TPSA) is 115 Å². The molecule has 298 valence electrons. The Morgan fingerprint density at radius 1 is 0.944 bits per heavy atom. The summed E-state index contributed by atoms with van der Waals surface area (Å²) in [6.45, 7) is 17.2. The molecule has 1 aromatic rings. The second-order valence-electron chi connectivity index (χ2n) is 20.2. The molecule has 8 rings (SSSR count). The smallest absolute Gasteiger partial charge is 0.254 e. The standard InChI is InChI=1S/C45H68N4O4S/c1-41(2)34(32-12-10-31(11-13-32)30-53-40-33(39(46)50)8-7-23-47-40)16-19-42(3)37(41)17-20-44(5)38(42)15-14-35-36-9-6-18-45(36,22-21-43(35,44)4)48-24-25-49-26-28-54(51,52)29-27-49/h7-8,12,16,23,31,35-38,48H,6,9-11,13-15,17-22,24-30H2,1-5H3,(H2,46,50)/t31-,35+,36+,37?,38?,42-,43+,44+,45-/m0/s1. The van der Waals surface area contributed by atoms with E-state index in [1.54, 1.807) is 29.5 Å². The van der Waals surface area contributed by atoms with Crippen LogP contribution in [0.5, 0.6) is 5.88 Å². The van der Waals surface area contributed by atoms with Gasteiger partial charge in [-0.2, -0.15) is 0 Å². The number of fused-ring (bicyclic) bond motifs is 7. The minimum absolute atomic E-state index is 0.140. The maximum absolute atomic E-state index is 12.0. The van der Waals surface area contributed by atoms with Crippen LogP contribution in [0.2, 0.25) is 0 Å². The average Bonchev–Trinajstić information content (AvgIpc) is 3.56. The predicted molar refractivity (Wildman–Crippen MR) is 216 cm³/mol. The summed E-state index contributed by atoms with van der Waals surface area (Å²) in [7, 11) is -2.84. The van der Waals surface area contributed by atoms with Crippen LogP contribution in [-0.2, 0) is 9.84 Å². The van der Waals surface area contributed by atoms with Gasteiger partial charge in [0, 0.05) is 37.9 Å². The average molecular weight is 761 g/mol. The van der Waals surface area contributed by atoms with Crippen LogP contribution in [0.1, 0.15) is 128 Å². The van der Waals surface area contributed by atoms with Gasteiger partial charge < -0.3 is 20.7 Å². The molecule has 2 unspecified atom stereocenters. The van der Waals surface area contributed by atoms with E-state index >= 15 is 0 Å². The van der Waals surface area contributed by atoms with Crippen molar-refractivity contribution in [2.75, 3.05) is 44.3 Å². The maximum atomic E-state index is 12.0. The Kier molecular flexibility index (Phi) is 10.0. The molecule has 3 N–H and O–H groups in total. The highest BCUT2D eigenvalue weighted by Gasteiger charge is 2.69. The number of hydrogen-bond acceptors (Lipinski definition) is 7. The van der Waals surface area contributed by atoms with Gasteiger partial charge in [0.1, 0.15) is 5.56 Å². The molecule has 54 heavy (non-hydrogen) atoms. The molecule has 1 amide bonds. The molecule has 1 aromatic heterocycles. The zero-order valence-electron chi connectivity index (χ0n) is 33.9. The predicted octanol–water partition coefficient (Wildman–Crippen LogP) is 7.75. The second kappa shape index (κ2) is 14.0. The molecular weight excluding hydrogens is 693 g/mol. The molecule has 1 saturated heterocycles. The lowest BCUT2D eigenvalue weighted by Gasteiger charge is -2.72. The first kappa shape index (κ1) is 38.6. The van der Waals surface area contributed by atoms with Crippen LogP contribution < -0.4 is 15.8 Å². The van der Waals surface area contributed by atoms with Gasteiger partial charge in [0.15, 0.2) is 9.84 Å². The minimum atomic E-state index is -2.84. The first-order valence-corrected chi connectivity index (χ1v) is 23.4. The van der Waals surface area contributed by atoms with E-state index in [4.69, 9.17) is 10.5 Å². The van der Waals surface area contributed by atoms with Crippen LogP contribution >= 0.6 is 0 Å². The van der Waals surface area contributed by atoms with Crippen LogP contribution in [0.25, 0.3) is 0 Å². The third-order valence-corrected chi connectivity index (χ3v) is 19.2. The first-order chi connectivity index (χ1) is 25.6. The lowest BCUT2D eigenvalue weighted by Crippen LogP contribution is -2.67. The zero-order valence-corrected chi connectivity index (χ0v) is 34.7. The van der Waals surface area contributed by atoms with Crippen molar-refractivity contribution in [2.45, 2.75) is 124 Å². The number of nitrogens with zero attached hydrogens (tertiary/aromatic N) is 2. The van der Waals surface area contributed by atoms with Crippen molar-refractivity contribution in [3.8, 4) is 5.88 Å². The largest absolute Gasteiger partial charge is 0.477 e. The van der Waals surface area contributed by atoms with Crippen molar-refractivity contribution >= 4 is 15.7 Å². The fourth-order valence-corrected chi connectivity index (χ4v) is 15.9. The lowest BCUT2D eigenvalue weighted by atomic mass is 9.33. The van der Waals surface area contributed by atoms with Gasteiger partial charge in [-0.3, -0.25) is 4.79 Å². The zero-order chi connectivity index (χ0) is 38.1. The molecule has 6 aliphatic carbocycles. The van der Waals surface area contributed by atoms with Crippen molar-refractivity contribution in [3.05, 3.63) is 47.2 Å². The number of nitrogens with one attached hydrogen (secondary N) is 1. The highest BCUT2D eigenvalue weighted by Crippen LogP contribution is 2.76. The summed E-state index contributed by atoms with van der Waals surface area (Å²) in [5.41, 5.74) is 10.5. The number of rotatable bonds is 9. The fraction of sp³-hybridized carbons (Fsp3) is 0.778. The lowest BCUT2D eigenvalue weighted by molar-refractivity contribution is -0.218. The van der Waals surface area contributed by atoms with Crippen molar-refractivity contribution < 1.29 is 17.9 Å². The molecule has 9 atom stereocenters. The van der Waals surface area contributed by atoms with Gasteiger partial charge in [-0.1, -0.05) is 53.2 Å². The van der Waals surface area contributed by atoms with Crippen molar-refractivity contribution in [3.63, 3.8) is 0 Å². The van der Waals surface area contributed by atoms with Gasteiger partial charge in [0.05, 0.1) is 18.1 Å². The third-order valence-electron chi connectivity index (χ3n) is 17.6. The summed E-state index contributed by atoms with van der Waals surface area (Å²) in [5, 5.41) is 4.19. The van der Waals surface area contributed by atoms with Gasteiger partial charge in [0.25, 0.3) is 5.91 Å². The summed E-state index contributed by atoms with van der Waals surface area (Å²) < 4.78 is 30.0. The van der Waals surface area contributed by atoms with Gasteiger partial charge in [0.2, 0.25) is 5.88 Å². The summed E-state index contributed by atoms with van der Waals surface area (Å²) >= 11 is 0. The van der Waals surface area contributed by atoms with Crippen LogP contribution in [0.4, 0.5) is 0 Å². The number of hydrogen-bond donors (Lipinski definition) is 2. The molecule has 0 bridgehead atoms. The summed E-state index contributed by atoms with van der Waals surface area (Å²) in [6, 6.07) is 3.40. The maximum Gasteiger partial charge on any atom is 0.254 e. The summed E-state index contributed by atoms with van der Waals surface area (Å²) in [6.07, 6.45) is 23.3. The number of carbonyl (C=O) groups excluding carboxylic acids is 1. The van der Waals surface area contributed by atoms with Gasteiger partial charge in [-0.05, 0) is 152 Å². The monoisotopic (exact) mass is 760 g/mol. The number of carbonyl (C=O) groups is 1. The minimum Gasteiger partial charge on any atom is -0.477 e. The molecule has 9 heteroatoms. The highest BCUT2D eigenvalue weighted by molar-refractivity contribution is 7.91. The van der Waals surface area contributed by atoms with Crippen LogP contribution in [0.15, 0.2) is 41.6 Å². The Bertz CT molecular complexity index is 1780. The Balaban J connectivity index is 0.944.